The minimum Gasteiger partial charge on any atom is -0.448 e. The average Bonchev–Trinajstić information content (AvgIpc) is 2.90. The lowest BCUT2D eigenvalue weighted by molar-refractivity contribution is -0.127. The number of urea groups is 1. The van der Waals surface area contributed by atoms with Gasteiger partial charge in [-0.2, -0.15) is 0 Å². The molecular formula is C15H15FN2O4S. The van der Waals surface area contributed by atoms with E-state index in [4.69, 9.17) is 4.74 Å². The molecule has 0 spiro atoms. The van der Waals surface area contributed by atoms with Crippen LogP contribution in [0.1, 0.15) is 23.5 Å². The van der Waals surface area contributed by atoms with Crippen molar-refractivity contribution in [2.24, 2.45) is 0 Å². The third-order valence-electron chi connectivity index (χ3n) is 2.91. The van der Waals surface area contributed by atoms with E-state index in [1.54, 1.807) is 13.0 Å². The molecule has 1 aromatic carbocycles. The van der Waals surface area contributed by atoms with Crippen LogP contribution in [-0.4, -0.2) is 30.6 Å². The lowest BCUT2D eigenvalue weighted by atomic mass is 10.2. The Hall–Kier alpha value is -2.48. The molecule has 1 aromatic heterocycles. The average molecular weight is 338 g/mol. The number of hydrogen-bond donors (Lipinski definition) is 2. The van der Waals surface area contributed by atoms with Gasteiger partial charge in [-0.1, -0.05) is 0 Å². The van der Waals surface area contributed by atoms with Gasteiger partial charge in [0.1, 0.15) is 10.7 Å². The zero-order valence-corrected chi connectivity index (χ0v) is 13.3. The van der Waals surface area contributed by atoms with Crippen LogP contribution in [0.2, 0.25) is 0 Å². The zero-order valence-electron chi connectivity index (χ0n) is 12.5. The molecule has 1 atom stereocenters. The van der Waals surface area contributed by atoms with E-state index in [-0.39, 0.29) is 4.88 Å². The highest BCUT2D eigenvalue weighted by Crippen LogP contribution is 2.27. The quantitative estimate of drug-likeness (QED) is 0.839. The van der Waals surface area contributed by atoms with Gasteiger partial charge in [-0.3, -0.25) is 10.1 Å². The summed E-state index contributed by atoms with van der Waals surface area (Å²) in [4.78, 5) is 35.3. The minimum absolute atomic E-state index is 0.253. The molecular weight excluding hydrogens is 323 g/mol. The Bertz CT molecular complexity index is 759. The summed E-state index contributed by atoms with van der Waals surface area (Å²) in [6, 6.07) is 5.03. The molecule has 0 aliphatic rings. The molecule has 1 unspecified atom stereocenters. The normalized spacial score (nSPS) is 11.8. The Morgan fingerprint density at radius 3 is 2.74 bits per heavy atom. The van der Waals surface area contributed by atoms with Crippen molar-refractivity contribution in [3.05, 3.63) is 35.0 Å². The van der Waals surface area contributed by atoms with E-state index in [0.717, 1.165) is 16.0 Å². The molecule has 6 nitrogen and oxygen atoms in total. The molecule has 3 amide bonds. The van der Waals surface area contributed by atoms with Crippen LogP contribution in [0.4, 0.5) is 9.18 Å². The SMILES string of the molecule is CCNC(=O)NC(=O)C(C)OC(=O)c1cc2cc(F)ccc2s1. The second kappa shape index (κ2) is 7.19. The summed E-state index contributed by atoms with van der Waals surface area (Å²) in [6.45, 7) is 3.43. The predicted octanol–water partition coefficient (Wildman–Crippen LogP) is 2.43. The fourth-order valence-corrected chi connectivity index (χ4v) is 2.73. The van der Waals surface area contributed by atoms with Gasteiger partial charge < -0.3 is 10.1 Å². The van der Waals surface area contributed by atoms with Gasteiger partial charge in [0.05, 0.1) is 0 Å². The van der Waals surface area contributed by atoms with Crippen molar-refractivity contribution in [2.75, 3.05) is 6.54 Å². The van der Waals surface area contributed by atoms with E-state index in [9.17, 15) is 18.8 Å². The highest BCUT2D eigenvalue weighted by Gasteiger charge is 2.21. The van der Waals surface area contributed by atoms with Crippen LogP contribution in [0.25, 0.3) is 10.1 Å². The van der Waals surface area contributed by atoms with Crippen LogP contribution in [0.15, 0.2) is 24.3 Å². The number of nitrogens with one attached hydrogen (secondary N) is 2. The number of fused-ring (bicyclic) bond motifs is 1. The second-order valence-corrected chi connectivity index (χ2v) is 5.77. The molecule has 122 valence electrons. The van der Waals surface area contributed by atoms with E-state index >= 15 is 0 Å². The first-order valence-corrected chi connectivity index (χ1v) is 7.71. The lowest BCUT2D eigenvalue weighted by Crippen LogP contribution is -2.44. The van der Waals surface area contributed by atoms with Crippen molar-refractivity contribution in [3.8, 4) is 0 Å². The molecule has 0 saturated carbocycles. The lowest BCUT2D eigenvalue weighted by Gasteiger charge is -2.12. The zero-order chi connectivity index (χ0) is 17.0. The number of imide groups is 1. The number of ether oxygens (including phenoxy) is 1. The molecule has 0 fully saturated rings. The maximum Gasteiger partial charge on any atom is 0.349 e. The van der Waals surface area contributed by atoms with Gasteiger partial charge >= 0.3 is 12.0 Å². The summed E-state index contributed by atoms with van der Waals surface area (Å²) >= 11 is 1.14. The number of esters is 1. The van der Waals surface area contributed by atoms with Crippen molar-refractivity contribution in [3.63, 3.8) is 0 Å². The Morgan fingerprint density at radius 1 is 1.30 bits per heavy atom. The highest BCUT2D eigenvalue weighted by molar-refractivity contribution is 7.20. The molecule has 0 aliphatic heterocycles. The topological polar surface area (TPSA) is 84.5 Å². The predicted molar refractivity (Wildman–Crippen MR) is 83.9 cm³/mol. The first-order chi connectivity index (χ1) is 10.9. The van der Waals surface area contributed by atoms with E-state index < -0.39 is 29.8 Å². The summed E-state index contributed by atoms with van der Waals surface area (Å²) in [6.07, 6.45) is -1.13. The first-order valence-electron chi connectivity index (χ1n) is 6.89. The summed E-state index contributed by atoms with van der Waals surface area (Å²) in [5, 5.41) is 5.04. The van der Waals surface area contributed by atoms with Crippen LogP contribution in [0.5, 0.6) is 0 Å². The van der Waals surface area contributed by atoms with E-state index in [1.807, 2.05) is 0 Å². The van der Waals surface area contributed by atoms with E-state index in [2.05, 4.69) is 10.6 Å². The minimum atomic E-state index is -1.13. The van der Waals surface area contributed by atoms with E-state index in [0.29, 0.717) is 11.9 Å². The molecule has 0 saturated heterocycles. The fraction of sp³-hybridized carbons (Fsp3) is 0.267. The number of amides is 3. The molecule has 2 rings (SSSR count). The Balaban J connectivity index is 2.02. The number of thiophene rings is 1. The van der Waals surface area contributed by atoms with Crippen molar-refractivity contribution in [2.45, 2.75) is 20.0 Å². The van der Waals surface area contributed by atoms with Gasteiger partial charge in [0.25, 0.3) is 5.91 Å². The van der Waals surface area contributed by atoms with Gasteiger partial charge in [0, 0.05) is 11.2 Å². The molecule has 2 N–H and O–H groups in total. The van der Waals surface area contributed by atoms with Crippen LogP contribution in [0.3, 0.4) is 0 Å². The van der Waals surface area contributed by atoms with Gasteiger partial charge in [-0.05, 0) is 43.5 Å². The first kappa shape index (κ1) is 16.9. The monoisotopic (exact) mass is 338 g/mol. The number of carbonyl (C=O) groups excluding carboxylic acids is 3. The molecule has 0 aliphatic carbocycles. The molecule has 0 bridgehead atoms. The largest absolute Gasteiger partial charge is 0.448 e. The Morgan fingerprint density at radius 2 is 2.04 bits per heavy atom. The van der Waals surface area contributed by atoms with Crippen LogP contribution in [0, 0.1) is 5.82 Å². The third-order valence-corrected chi connectivity index (χ3v) is 4.00. The maximum atomic E-state index is 13.1. The highest BCUT2D eigenvalue weighted by atomic mass is 32.1. The van der Waals surface area contributed by atoms with Gasteiger partial charge in [-0.15, -0.1) is 11.3 Å². The number of halogens is 1. The Kier molecular flexibility index (Phi) is 5.28. The molecule has 1 heterocycles. The van der Waals surface area contributed by atoms with Crippen molar-refractivity contribution >= 4 is 39.3 Å². The van der Waals surface area contributed by atoms with Crippen LogP contribution in [-0.2, 0) is 9.53 Å². The number of carbonyl (C=O) groups is 3. The Labute approximate surface area is 135 Å². The number of rotatable bonds is 4. The summed E-state index contributed by atoms with van der Waals surface area (Å²) in [7, 11) is 0. The standard InChI is InChI=1S/C15H15FN2O4S/c1-3-17-15(21)18-13(19)8(2)22-14(20)12-7-9-6-10(16)4-5-11(9)23-12/h4-8H,3H2,1-2H3,(H2,17,18,19,21). The molecule has 2 aromatic rings. The molecule has 0 radical (unpaired) electrons. The van der Waals surface area contributed by atoms with Crippen molar-refractivity contribution in [1.29, 1.82) is 0 Å². The van der Waals surface area contributed by atoms with E-state index in [1.165, 1.54) is 25.1 Å². The molecule has 8 heteroatoms. The summed E-state index contributed by atoms with van der Waals surface area (Å²) in [5.74, 6) is -1.83. The van der Waals surface area contributed by atoms with Crippen LogP contribution < -0.4 is 10.6 Å². The summed E-state index contributed by atoms with van der Waals surface area (Å²) in [5.41, 5.74) is 0. The van der Waals surface area contributed by atoms with Gasteiger partial charge in [-0.25, -0.2) is 14.0 Å². The maximum absolute atomic E-state index is 13.1. The number of hydrogen-bond acceptors (Lipinski definition) is 5. The third kappa shape index (κ3) is 4.26. The van der Waals surface area contributed by atoms with Gasteiger partial charge in [0.2, 0.25) is 0 Å². The van der Waals surface area contributed by atoms with Gasteiger partial charge in [0.15, 0.2) is 6.10 Å². The number of benzene rings is 1. The smallest absolute Gasteiger partial charge is 0.349 e. The second-order valence-electron chi connectivity index (χ2n) is 4.69. The van der Waals surface area contributed by atoms with Crippen LogP contribution >= 0.6 is 11.3 Å². The molecule has 23 heavy (non-hydrogen) atoms. The summed E-state index contributed by atoms with van der Waals surface area (Å²) < 4.78 is 18.9. The van der Waals surface area contributed by atoms with Crippen molar-refractivity contribution < 1.29 is 23.5 Å². The fourth-order valence-electron chi connectivity index (χ4n) is 1.81. The van der Waals surface area contributed by atoms with Crippen molar-refractivity contribution in [1.82, 2.24) is 10.6 Å².